The van der Waals surface area contributed by atoms with Crippen LogP contribution in [0, 0.1) is 24.3 Å². The van der Waals surface area contributed by atoms with Crippen molar-refractivity contribution >= 4 is 5.97 Å². The smallest absolute Gasteiger partial charge is 0.316 e. The van der Waals surface area contributed by atoms with Crippen LogP contribution in [-0.4, -0.2) is 30.8 Å². The molecule has 0 N–H and O–H groups in total. The largest absolute Gasteiger partial charge is 0.462 e. The molecule has 0 spiro atoms. The molecule has 0 bridgehead atoms. The maximum absolute atomic E-state index is 12.2. The first-order valence-electron chi connectivity index (χ1n) is 7.66. The van der Waals surface area contributed by atoms with Gasteiger partial charge in [0.2, 0.25) is 6.04 Å². The van der Waals surface area contributed by atoms with Crippen LogP contribution in [0.25, 0.3) is 4.85 Å². The molecule has 1 aliphatic carbocycles. The fourth-order valence-corrected chi connectivity index (χ4v) is 2.98. The van der Waals surface area contributed by atoms with Crippen LogP contribution >= 0.6 is 0 Å². The molecule has 4 nitrogen and oxygen atoms in total. The van der Waals surface area contributed by atoms with E-state index in [0.29, 0.717) is 25.0 Å². The molecule has 0 radical (unpaired) electrons. The average molecular weight is 279 g/mol. The molecule has 0 aromatic heterocycles. The molecule has 2 fully saturated rings. The summed E-state index contributed by atoms with van der Waals surface area (Å²) in [6.45, 7) is 14.7. The van der Waals surface area contributed by atoms with E-state index in [0.717, 1.165) is 25.7 Å². The highest BCUT2D eigenvalue weighted by Crippen LogP contribution is 2.37. The van der Waals surface area contributed by atoms with Gasteiger partial charge in [0.25, 0.3) is 0 Å². The second kappa shape index (κ2) is 6.13. The van der Waals surface area contributed by atoms with Crippen molar-refractivity contribution in [3.63, 3.8) is 0 Å². The van der Waals surface area contributed by atoms with E-state index in [1.807, 2.05) is 6.92 Å². The summed E-state index contributed by atoms with van der Waals surface area (Å²) in [4.78, 5) is 15.9. The van der Waals surface area contributed by atoms with Gasteiger partial charge in [-0.05, 0) is 31.6 Å². The summed E-state index contributed by atoms with van der Waals surface area (Å²) < 4.78 is 10.6. The highest BCUT2D eigenvalue weighted by molar-refractivity contribution is 5.74. The van der Waals surface area contributed by atoms with E-state index >= 15 is 0 Å². The van der Waals surface area contributed by atoms with Gasteiger partial charge in [0.1, 0.15) is 18.1 Å². The molecule has 4 heteroatoms. The van der Waals surface area contributed by atoms with Crippen LogP contribution in [0.4, 0.5) is 0 Å². The van der Waals surface area contributed by atoms with E-state index in [2.05, 4.69) is 18.7 Å². The van der Waals surface area contributed by atoms with Crippen LogP contribution < -0.4 is 0 Å². The van der Waals surface area contributed by atoms with E-state index in [1.54, 1.807) is 0 Å². The van der Waals surface area contributed by atoms with Crippen LogP contribution in [0.3, 0.4) is 0 Å². The Morgan fingerprint density at radius 2 is 2.25 bits per heavy atom. The number of ether oxygens (including phenoxy) is 2. The molecule has 2 aliphatic rings. The van der Waals surface area contributed by atoms with Gasteiger partial charge in [-0.2, -0.15) is 0 Å². The molecule has 5 atom stereocenters. The van der Waals surface area contributed by atoms with Crippen molar-refractivity contribution in [2.45, 2.75) is 58.1 Å². The summed E-state index contributed by atoms with van der Waals surface area (Å²) in [7, 11) is 0. The first kappa shape index (κ1) is 15.3. The number of hydrogen-bond acceptors (Lipinski definition) is 3. The third-order valence-corrected chi connectivity index (χ3v) is 4.93. The second-order valence-corrected chi connectivity index (χ2v) is 6.61. The van der Waals surface area contributed by atoms with Crippen LogP contribution in [0.5, 0.6) is 0 Å². The lowest BCUT2D eigenvalue weighted by molar-refractivity contribution is -0.152. The van der Waals surface area contributed by atoms with Crippen LogP contribution in [-0.2, 0) is 14.3 Å². The topological polar surface area (TPSA) is 43.2 Å². The number of rotatable bonds is 5. The van der Waals surface area contributed by atoms with Crippen molar-refractivity contribution < 1.29 is 14.3 Å². The van der Waals surface area contributed by atoms with Gasteiger partial charge in [-0.15, -0.1) is 0 Å². The van der Waals surface area contributed by atoms with Gasteiger partial charge in [-0.25, -0.2) is 6.57 Å². The number of carbonyl (C=O) groups is 1. The third kappa shape index (κ3) is 3.52. The Morgan fingerprint density at radius 3 is 2.80 bits per heavy atom. The zero-order chi connectivity index (χ0) is 14.8. The highest BCUT2D eigenvalue weighted by atomic mass is 16.6. The van der Waals surface area contributed by atoms with E-state index in [4.69, 9.17) is 16.0 Å². The van der Waals surface area contributed by atoms with Crippen molar-refractivity contribution in [1.29, 1.82) is 0 Å². The molecule has 1 heterocycles. The first-order valence-corrected chi connectivity index (χ1v) is 7.66. The Hall–Kier alpha value is -1.08. The fraction of sp³-hybridized carbons (Fsp3) is 0.875. The van der Waals surface area contributed by atoms with Crippen molar-refractivity contribution in [2.75, 3.05) is 13.2 Å². The van der Waals surface area contributed by atoms with Gasteiger partial charge in [0, 0.05) is 6.42 Å². The predicted octanol–water partition coefficient (Wildman–Crippen LogP) is 3.07. The van der Waals surface area contributed by atoms with E-state index < -0.39 is 0 Å². The Bertz CT molecular complexity index is 397. The molecule has 1 aliphatic heterocycles. The predicted molar refractivity (Wildman–Crippen MR) is 76.0 cm³/mol. The van der Waals surface area contributed by atoms with E-state index in [9.17, 15) is 4.79 Å². The minimum atomic E-state index is -0.267. The summed E-state index contributed by atoms with van der Waals surface area (Å²) in [6, 6.07) is -0.205. The molecule has 20 heavy (non-hydrogen) atoms. The number of esters is 1. The molecule has 2 rings (SSSR count). The number of epoxide rings is 1. The van der Waals surface area contributed by atoms with Gasteiger partial charge >= 0.3 is 5.97 Å². The zero-order valence-corrected chi connectivity index (χ0v) is 12.7. The lowest BCUT2D eigenvalue weighted by Gasteiger charge is -2.31. The van der Waals surface area contributed by atoms with Gasteiger partial charge in [-0.1, -0.05) is 20.3 Å². The minimum absolute atomic E-state index is 0.203. The van der Waals surface area contributed by atoms with E-state index in [-0.39, 0.29) is 23.5 Å². The Balaban J connectivity index is 1.88. The third-order valence-electron chi connectivity index (χ3n) is 4.93. The average Bonchev–Trinajstić information content (AvgIpc) is 3.21. The van der Waals surface area contributed by atoms with Crippen LogP contribution in [0.1, 0.15) is 46.5 Å². The maximum Gasteiger partial charge on any atom is 0.316 e. The lowest BCUT2D eigenvalue weighted by atomic mass is 9.73. The molecule has 1 saturated heterocycles. The monoisotopic (exact) mass is 279 g/mol. The summed E-state index contributed by atoms with van der Waals surface area (Å²) in [6.07, 6.45) is 3.80. The lowest BCUT2D eigenvalue weighted by Crippen LogP contribution is -2.36. The van der Waals surface area contributed by atoms with Crippen molar-refractivity contribution in [1.82, 2.24) is 0 Å². The molecule has 0 aromatic rings. The molecule has 5 unspecified atom stereocenters. The zero-order valence-electron chi connectivity index (χ0n) is 12.7. The normalized spacial score (nSPS) is 37.8. The summed E-state index contributed by atoms with van der Waals surface area (Å²) >= 11 is 0. The van der Waals surface area contributed by atoms with Crippen LogP contribution in [0.15, 0.2) is 0 Å². The van der Waals surface area contributed by atoms with Gasteiger partial charge in [0.15, 0.2) is 0 Å². The Labute approximate surface area is 121 Å². The summed E-state index contributed by atoms with van der Waals surface area (Å²) in [5.41, 5.74) is -0.267. The summed E-state index contributed by atoms with van der Waals surface area (Å²) in [5, 5.41) is 0. The van der Waals surface area contributed by atoms with Gasteiger partial charge in [0.05, 0.1) is 6.61 Å². The molecular weight excluding hydrogens is 254 g/mol. The van der Waals surface area contributed by atoms with E-state index in [1.165, 1.54) is 0 Å². The SMILES string of the molecule is [C-]#[N+]C1CC(C(C)CC)CCC1C(=O)OCC1(C)CO1. The second-order valence-electron chi connectivity index (χ2n) is 6.61. The Morgan fingerprint density at radius 1 is 1.55 bits per heavy atom. The first-order chi connectivity index (χ1) is 9.49. The van der Waals surface area contributed by atoms with Gasteiger partial charge in [-0.3, -0.25) is 4.79 Å². The maximum atomic E-state index is 12.2. The van der Waals surface area contributed by atoms with Crippen molar-refractivity contribution in [3.8, 4) is 0 Å². The number of carbonyl (C=O) groups excluding carboxylic acids is 1. The molecule has 112 valence electrons. The highest BCUT2D eigenvalue weighted by Gasteiger charge is 2.44. The minimum Gasteiger partial charge on any atom is -0.462 e. The standard InChI is InChI=1S/C16H25NO3/c1-5-11(2)12-6-7-13(14(8-12)17-4)15(18)19-9-16(3)10-20-16/h11-14H,5-10H2,1-3H3. The van der Waals surface area contributed by atoms with Crippen molar-refractivity contribution in [3.05, 3.63) is 11.4 Å². The van der Waals surface area contributed by atoms with Gasteiger partial charge < -0.3 is 14.3 Å². The number of hydrogen-bond donors (Lipinski definition) is 0. The van der Waals surface area contributed by atoms with Crippen LogP contribution in [0.2, 0.25) is 0 Å². The molecule has 0 amide bonds. The fourth-order valence-electron chi connectivity index (χ4n) is 2.98. The molecule has 0 aromatic carbocycles. The summed E-state index contributed by atoms with van der Waals surface area (Å²) in [5.74, 6) is 0.767. The van der Waals surface area contributed by atoms with Crippen molar-refractivity contribution in [2.24, 2.45) is 17.8 Å². The quantitative estimate of drug-likeness (QED) is 0.441. The number of nitrogens with zero attached hydrogens (tertiary/aromatic N) is 1. The molecular formula is C16H25NO3. The Kier molecular flexibility index (Phi) is 4.70. The molecule has 1 saturated carbocycles.